The molecule has 0 bridgehead atoms. The van der Waals surface area contributed by atoms with Crippen LogP contribution in [-0.4, -0.2) is 23.5 Å². The van der Waals surface area contributed by atoms with Crippen molar-refractivity contribution in [2.75, 3.05) is 0 Å². The Bertz CT molecular complexity index is 348. The molecule has 0 aromatic heterocycles. The molecule has 20 heavy (non-hydrogen) atoms. The molecule has 2 aliphatic carbocycles. The van der Waals surface area contributed by atoms with E-state index in [0.717, 1.165) is 25.7 Å². The van der Waals surface area contributed by atoms with Crippen molar-refractivity contribution >= 4 is 17.5 Å². The summed E-state index contributed by atoms with van der Waals surface area (Å²) >= 11 is 6.16. The molecule has 2 aliphatic rings. The molecule has 2 nitrogen and oxygen atoms in total. The van der Waals surface area contributed by atoms with Crippen LogP contribution < -0.4 is 5.32 Å². The maximum Gasteiger partial charge on any atom is 0.392 e. The van der Waals surface area contributed by atoms with Crippen LogP contribution in [0.25, 0.3) is 0 Å². The molecule has 2 fully saturated rings. The second-order valence-corrected chi connectivity index (χ2v) is 6.52. The van der Waals surface area contributed by atoms with Crippen LogP contribution in [0.2, 0.25) is 0 Å². The van der Waals surface area contributed by atoms with Crippen molar-refractivity contribution in [1.29, 1.82) is 0 Å². The van der Waals surface area contributed by atoms with Gasteiger partial charge in [0.15, 0.2) is 0 Å². The molecule has 1 amide bonds. The van der Waals surface area contributed by atoms with E-state index in [0.29, 0.717) is 19.3 Å². The molecule has 0 radical (unpaired) electrons. The number of amides is 1. The average molecular weight is 312 g/mol. The SMILES string of the molecule is O=C(NC1CCCCC1Cl)C1CCCCC1C(F)(F)F. The molecule has 0 aromatic carbocycles. The summed E-state index contributed by atoms with van der Waals surface area (Å²) in [6, 6.07) is -0.172. The van der Waals surface area contributed by atoms with Gasteiger partial charge in [0.25, 0.3) is 0 Å². The first-order valence-corrected chi connectivity index (χ1v) is 7.84. The minimum atomic E-state index is -4.28. The fourth-order valence-corrected chi connectivity index (χ4v) is 3.72. The number of rotatable bonds is 2. The van der Waals surface area contributed by atoms with Crippen LogP contribution in [0.1, 0.15) is 51.4 Å². The normalized spacial score (nSPS) is 35.6. The quantitative estimate of drug-likeness (QED) is 0.767. The second kappa shape index (κ2) is 6.54. The summed E-state index contributed by atoms with van der Waals surface area (Å²) in [5, 5.41) is 2.62. The lowest BCUT2D eigenvalue weighted by atomic mass is 9.78. The van der Waals surface area contributed by atoms with Gasteiger partial charge in [-0.2, -0.15) is 13.2 Å². The number of nitrogens with one attached hydrogen (secondary N) is 1. The summed E-state index contributed by atoms with van der Waals surface area (Å²) in [5.41, 5.74) is 0. The van der Waals surface area contributed by atoms with Crippen molar-refractivity contribution in [3.63, 3.8) is 0 Å². The predicted octanol–water partition coefficient (Wildman–Crippen LogP) is 4.02. The van der Waals surface area contributed by atoms with Crippen LogP contribution in [0.5, 0.6) is 0 Å². The van der Waals surface area contributed by atoms with E-state index in [9.17, 15) is 18.0 Å². The predicted molar refractivity (Wildman–Crippen MR) is 71.5 cm³/mol. The number of hydrogen-bond acceptors (Lipinski definition) is 1. The maximum atomic E-state index is 13.0. The third-order valence-corrected chi connectivity index (χ3v) is 5.05. The van der Waals surface area contributed by atoms with Gasteiger partial charge >= 0.3 is 6.18 Å². The van der Waals surface area contributed by atoms with Gasteiger partial charge in [-0.05, 0) is 25.7 Å². The molecule has 2 saturated carbocycles. The molecule has 116 valence electrons. The molecule has 2 rings (SSSR count). The van der Waals surface area contributed by atoms with Gasteiger partial charge in [-0.15, -0.1) is 11.6 Å². The Morgan fingerprint density at radius 1 is 1.00 bits per heavy atom. The van der Waals surface area contributed by atoms with Gasteiger partial charge in [0.1, 0.15) is 0 Å². The lowest BCUT2D eigenvalue weighted by molar-refractivity contribution is -0.198. The Hall–Kier alpha value is -0.450. The van der Waals surface area contributed by atoms with Gasteiger partial charge in [0, 0.05) is 12.0 Å². The maximum absolute atomic E-state index is 13.0. The van der Waals surface area contributed by atoms with Gasteiger partial charge in [-0.1, -0.05) is 25.7 Å². The number of hydrogen-bond donors (Lipinski definition) is 1. The van der Waals surface area contributed by atoms with Crippen molar-refractivity contribution < 1.29 is 18.0 Å². The molecule has 1 N–H and O–H groups in total. The van der Waals surface area contributed by atoms with Crippen LogP contribution in [0.15, 0.2) is 0 Å². The highest BCUT2D eigenvalue weighted by molar-refractivity contribution is 6.21. The van der Waals surface area contributed by atoms with Gasteiger partial charge in [-0.3, -0.25) is 4.79 Å². The van der Waals surface area contributed by atoms with Crippen LogP contribution in [0, 0.1) is 11.8 Å². The first kappa shape index (κ1) is 15.9. The van der Waals surface area contributed by atoms with Crippen molar-refractivity contribution in [2.45, 2.75) is 69.0 Å². The third-order valence-electron chi connectivity index (χ3n) is 4.53. The van der Waals surface area contributed by atoms with E-state index in [2.05, 4.69) is 5.32 Å². The lowest BCUT2D eigenvalue weighted by Gasteiger charge is -2.35. The van der Waals surface area contributed by atoms with Crippen LogP contribution in [-0.2, 0) is 4.79 Å². The highest BCUT2D eigenvalue weighted by atomic mass is 35.5. The molecular weight excluding hydrogens is 291 g/mol. The molecule has 6 heteroatoms. The Labute approximate surface area is 122 Å². The second-order valence-electron chi connectivity index (χ2n) is 5.95. The van der Waals surface area contributed by atoms with Crippen LogP contribution >= 0.6 is 11.6 Å². The smallest absolute Gasteiger partial charge is 0.352 e. The summed E-state index contributed by atoms with van der Waals surface area (Å²) in [5.74, 6) is -2.88. The van der Waals surface area contributed by atoms with Crippen molar-refractivity contribution in [3.05, 3.63) is 0 Å². The van der Waals surface area contributed by atoms with Crippen LogP contribution in [0.4, 0.5) is 13.2 Å². The molecule has 0 aromatic rings. The third kappa shape index (κ3) is 3.80. The molecule has 0 spiro atoms. The summed E-state index contributed by atoms with van der Waals surface area (Å²) < 4.78 is 39.0. The van der Waals surface area contributed by atoms with E-state index in [1.807, 2.05) is 0 Å². The summed E-state index contributed by atoms with van der Waals surface area (Å²) in [4.78, 5) is 12.2. The summed E-state index contributed by atoms with van der Waals surface area (Å²) in [6.45, 7) is 0. The van der Waals surface area contributed by atoms with E-state index in [4.69, 9.17) is 11.6 Å². The van der Waals surface area contributed by atoms with E-state index < -0.39 is 23.9 Å². The Kier molecular flexibility index (Phi) is 5.21. The van der Waals surface area contributed by atoms with Crippen molar-refractivity contribution in [1.82, 2.24) is 5.32 Å². The minimum absolute atomic E-state index is 0.0660. The fourth-order valence-electron chi connectivity index (χ4n) is 3.37. The minimum Gasteiger partial charge on any atom is -0.352 e. The van der Waals surface area contributed by atoms with E-state index in [1.54, 1.807) is 0 Å². The Balaban J connectivity index is 1.99. The molecule has 0 saturated heterocycles. The van der Waals surface area contributed by atoms with Crippen LogP contribution in [0.3, 0.4) is 0 Å². The number of carbonyl (C=O) groups excluding carboxylic acids is 1. The lowest BCUT2D eigenvalue weighted by Crippen LogP contribution is -2.49. The molecule has 4 atom stereocenters. The topological polar surface area (TPSA) is 29.1 Å². The first-order valence-electron chi connectivity index (χ1n) is 7.40. The zero-order chi connectivity index (χ0) is 14.8. The van der Waals surface area contributed by atoms with Crippen molar-refractivity contribution in [3.8, 4) is 0 Å². The first-order chi connectivity index (χ1) is 9.39. The standard InChI is InChI=1S/C14H21ClF3NO/c15-11-7-3-4-8-12(11)19-13(20)9-5-1-2-6-10(9)14(16,17)18/h9-12H,1-8H2,(H,19,20). The highest BCUT2D eigenvalue weighted by Gasteiger charge is 2.48. The Morgan fingerprint density at radius 2 is 1.60 bits per heavy atom. The largest absolute Gasteiger partial charge is 0.392 e. The highest BCUT2D eigenvalue weighted by Crippen LogP contribution is 2.41. The summed E-state index contributed by atoms with van der Waals surface area (Å²) in [7, 11) is 0. The Morgan fingerprint density at radius 3 is 2.25 bits per heavy atom. The van der Waals surface area contributed by atoms with Gasteiger partial charge < -0.3 is 5.32 Å². The van der Waals surface area contributed by atoms with E-state index in [1.165, 1.54) is 0 Å². The van der Waals surface area contributed by atoms with Crippen molar-refractivity contribution in [2.24, 2.45) is 11.8 Å². The molecule has 0 heterocycles. The fraction of sp³-hybridized carbons (Fsp3) is 0.929. The monoisotopic (exact) mass is 311 g/mol. The van der Waals surface area contributed by atoms with E-state index in [-0.39, 0.29) is 17.8 Å². The number of halogens is 4. The molecule has 0 aliphatic heterocycles. The van der Waals surface area contributed by atoms with Gasteiger partial charge in [0.2, 0.25) is 5.91 Å². The average Bonchev–Trinajstić information content (AvgIpc) is 2.40. The zero-order valence-corrected chi connectivity index (χ0v) is 12.1. The number of carbonyl (C=O) groups is 1. The van der Waals surface area contributed by atoms with E-state index >= 15 is 0 Å². The van der Waals surface area contributed by atoms with Gasteiger partial charge in [-0.25, -0.2) is 0 Å². The zero-order valence-electron chi connectivity index (χ0n) is 11.4. The molecular formula is C14H21ClF3NO. The molecule has 4 unspecified atom stereocenters. The number of alkyl halides is 4. The summed E-state index contributed by atoms with van der Waals surface area (Å²) in [6.07, 6.45) is 0.941. The van der Waals surface area contributed by atoms with Gasteiger partial charge in [0.05, 0.1) is 11.3 Å².